The lowest BCUT2D eigenvalue weighted by Gasteiger charge is -2.27. The van der Waals surface area contributed by atoms with Crippen molar-refractivity contribution in [2.75, 3.05) is 13.2 Å². The smallest absolute Gasteiger partial charge is 0.200 e. The highest BCUT2D eigenvalue weighted by Gasteiger charge is 2.55. The van der Waals surface area contributed by atoms with E-state index in [0.717, 1.165) is 13.2 Å². The fourth-order valence-corrected chi connectivity index (χ4v) is 16.7. The molecule has 148 valence electrons. The van der Waals surface area contributed by atoms with Gasteiger partial charge in [-0.15, -0.1) is 0 Å². The predicted octanol–water partition coefficient (Wildman–Crippen LogP) is 5.89. The normalized spacial score (nSPS) is 25.8. The van der Waals surface area contributed by atoms with Crippen LogP contribution in [0.4, 0.5) is 0 Å². The summed E-state index contributed by atoms with van der Waals surface area (Å²) in [6, 6.07) is 0. The van der Waals surface area contributed by atoms with Crippen LogP contribution < -0.4 is 0 Å². The van der Waals surface area contributed by atoms with Gasteiger partial charge in [-0.05, 0) is 5.82 Å². The van der Waals surface area contributed by atoms with Crippen LogP contribution in [0.2, 0.25) is 12.6 Å². The molecule has 0 N–H and O–H groups in total. The number of fused-ring (bicyclic) bond motifs is 1. The third kappa shape index (κ3) is 8.04. The number of rotatable bonds is 9. The molecule has 0 radical (unpaired) electrons. The molecule has 2 aliphatic rings. The molecule has 2 rings (SSSR count). The van der Waals surface area contributed by atoms with Crippen LogP contribution >= 0.6 is 201 Å². The molecular formula is C8H14B9I9O2. The molecule has 0 aromatic rings. The molecule has 2 nitrogen and oxygen atoms in total. The minimum atomic E-state index is 0.307. The molecule has 2 aliphatic heterocycles. The Labute approximate surface area is 294 Å². The minimum Gasteiger partial charge on any atom is -0.375 e. The Bertz CT molecular complexity index is 516. The van der Waals surface area contributed by atoms with Crippen molar-refractivity contribution >= 4 is 241 Å². The molecule has 28 heavy (non-hydrogen) atoms. The summed E-state index contributed by atoms with van der Waals surface area (Å²) in [7, 11) is 0. The van der Waals surface area contributed by atoms with Gasteiger partial charge in [0.25, 0.3) is 0 Å². The molecule has 0 bridgehead atoms. The van der Waals surface area contributed by atoms with E-state index in [0.29, 0.717) is 63.3 Å². The fourth-order valence-electron chi connectivity index (χ4n) is 3.54. The molecule has 0 aromatic carbocycles. The zero-order valence-corrected chi connectivity index (χ0v) is 34.6. The Kier molecular flexibility index (Phi) is 16.6. The SMILES string of the molecule is CB(I)B(I)B(I)B(I)B(I)B(I)B(I)B(I)B(I)C1CO[C@H]2C1OC[C@@H]2C. The highest BCUT2D eigenvalue weighted by Crippen LogP contribution is 2.42. The molecule has 2 saturated heterocycles. The standard InChI is InChI=1S/C8H14B9I9O2/c1-5-3-27-8-6(4-28-7(5)8)10(19)12(21)14(23)16(25)17(26)15(24)13(22)11(20)9(2)18/h5-8H,3-4H2,1-2H3/t5-,6?,7+,8?/m0/s1. The van der Waals surface area contributed by atoms with Crippen molar-refractivity contribution in [1.29, 1.82) is 0 Å². The molecule has 2 fully saturated rings. The Morgan fingerprint density at radius 2 is 1.04 bits per heavy atom. The van der Waals surface area contributed by atoms with E-state index in [2.05, 4.69) is 215 Å². The summed E-state index contributed by atoms with van der Waals surface area (Å²) in [5.41, 5.74) is 0. The van der Waals surface area contributed by atoms with E-state index >= 15 is 0 Å². The molecule has 2 heterocycles. The van der Waals surface area contributed by atoms with Crippen LogP contribution in [-0.2, 0) is 9.47 Å². The van der Waals surface area contributed by atoms with Crippen molar-refractivity contribution in [3.8, 4) is 0 Å². The first kappa shape index (κ1) is 31.3. The van der Waals surface area contributed by atoms with E-state index in [9.17, 15) is 0 Å². The molecule has 20 heteroatoms. The average molecular weight is 1380 g/mol. The van der Waals surface area contributed by atoms with Crippen LogP contribution in [0.15, 0.2) is 0 Å². The Hall–Kier alpha value is 7.07. The van der Waals surface area contributed by atoms with Crippen LogP contribution in [0.25, 0.3) is 0 Å². The van der Waals surface area contributed by atoms with Gasteiger partial charge in [0.05, 0.1) is 18.8 Å². The maximum absolute atomic E-state index is 6.14. The quantitative estimate of drug-likeness (QED) is 0.212. The zero-order chi connectivity index (χ0) is 21.3. The molecule has 0 aliphatic carbocycles. The summed E-state index contributed by atoms with van der Waals surface area (Å²) in [6.07, 6.45) is 0.627. The lowest BCUT2D eigenvalue weighted by Crippen LogP contribution is -2.60. The van der Waals surface area contributed by atoms with E-state index in [1.807, 2.05) is 0 Å². The monoisotopic (exact) mass is 1380 g/mol. The second-order valence-corrected chi connectivity index (χ2v) is 20.9. The Balaban J connectivity index is 1.98. The minimum absolute atomic E-state index is 0.307. The lowest BCUT2D eigenvalue weighted by atomic mass is 8.88. The van der Waals surface area contributed by atoms with Crippen molar-refractivity contribution in [2.45, 2.75) is 31.8 Å². The van der Waals surface area contributed by atoms with Crippen molar-refractivity contribution in [3.05, 3.63) is 0 Å². The first-order valence-corrected chi connectivity index (χ1v) is 20.2. The molecule has 2 unspecified atom stereocenters. The van der Waals surface area contributed by atoms with Crippen LogP contribution in [0, 0.1) is 5.92 Å². The van der Waals surface area contributed by atoms with Gasteiger partial charge in [-0.3, -0.25) is 0 Å². The van der Waals surface area contributed by atoms with Gasteiger partial charge in [-0.2, -0.15) is 201 Å². The second-order valence-electron chi connectivity index (χ2n) is 7.47. The highest BCUT2D eigenvalue weighted by molar-refractivity contribution is 14.2. The number of hydrogen-bond acceptors (Lipinski definition) is 2. The zero-order valence-electron chi connectivity index (χ0n) is 15.1. The summed E-state index contributed by atoms with van der Waals surface area (Å²) in [5, 5.41) is 0. The van der Waals surface area contributed by atoms with Gasteiger partial charge in [0, 0.05) is 12.5 Å². The van der Waals surface area contributed by atoms with Crippen molar-refractivity contribution < 1.29 is 9.47 Å². The summed E-state index contributed by atoms with van der Waals surface area (Å²) in [4.78, 5) is 0. The second kappa shape index (κ2) is 14.9. The molecular weight excluding hydrogens is 1370 g/mol. The van der Waals surface area contributed by atoms with E-state index in [-0.39, 0.29) is 0 Å². The fraction of sp³-hybridized carbons (Fsp3) is 1.00. The third-order valence-corrected chi connectivity index (χ3v) is 29.9. The van der Waals surface area contributed by atoms with Gasteiger partial charge in [0.2, 0.25) is 0 Å². The van der Waals surface area contributed by atoms with Gasteiger partial charge < -0.3 is 9.47 Å². The Morgan fingerprint density at radius 1 is 0.607 bits per heavy atom. The molecule has 0 saturated carbocycles. The van der Waals surface area contributed by atoms with Crippen LogP contribution in [0.5, 0.6) is 0 Å². The molecule has 4 atom stereocenters. The van der Waals surface area contributed by atoms with E-state index < -0.39 is 0 Å². The van der Waals surface area contributed by atoms with Gasteiger partial charge >= 0.3 is 0 Å². The number of hydrogen-bond donors (Lipinski definition) is 0. The van der Waals surface area contributed by atoms with E-state index in [1.54, 1.807) is 0 Å². The van der Waals surface area contributed by atoms with E-state index in [1.165, 1.54) is 0 Å². The van der Waals surface area contributed by atoms with Gasteiger partial charge in [-0.1, -0.05) is 13.7 Å². The maximum atomic E-state index is 6.14. The number of halogens is 9. The van der Waals surface area contributed by atoms with Crippen molar-refractivity contribution in [3.63, 3.8) is 0 Å². The lowest BCUT2D eigenvalue weighted by molar-refractivity contribution is 0.0658. The van der Waals surface area contributed by atoms with Crippen molar-refractivity contribution in [2.24, 2.45) is 5.92 Å². The van der Waals surface area contributed by atoms with Gasteiger partial charge in [0.1, 0.15) is 0 Å². The first-order chi connectivity index (χ1) is 13.0. The molecule has 0 amide bonds. The summed E-state index contributed by atoms with van der Waals surface area (Å²) in [5.74, 6) is 1.07. The molecule has 0 spiro atoms. The highest BCUT2D eigenvalue weighted by atomic mass is 127. The Morgan fingerprint density at radius 3 is 1.54 bits per heavy atom. The summed E-state index contributed by atoms with van der Waals surface area (Å²) >= 11 is 24.2. The van der Waals surface area contributed by atoms with Crippen LogP contribution in [-0.4, -0.2) is 64.8 Å². The van der Waals surface area contributed by atoms with Gasteiger partial charge in [-0.25, -0.2) is 0 Å². The largest absolute Gasteiger partial charge is 0.375 e. The number of ether oxygens (including phenoxy) is 2. The average Bonchev–Trinajstić information content (AvgIpc) is 3.26. The molecule has 0 aromatic heterocycles. The first-order valence-electron chi connectivity index (χ1n) is 8.98. The maximum Gasteiger partial charge on any atom is 0.200 e. The van der Waals surface area contributed by atoms with Gasteiger partial charge in [0.15, 0.2) is 39.4 Å². The van der Waals surface area contributed by atoms with Crippen molar-refractivity contribution in [1.82, 2.24) is 0 Å². The predicted molar refractivity (Wildman–Crippen MR) is 216 cm³/mol. The topological polar surface area (TPSA) is 18.5 Å². The van der Waals surface area contributed by atoms with E-state index in [4.69, 9.17) is 9.47 Å². The summed E-state index contributed by atoms with van der Waals surface area (Å²) < 4.78 is 18.2. The van der Waals surface area contributed by atoms with Crippen LogP contribution in [0.3, 0.4) is 0 Å². The third-order valence-electron chi connectivity index (χ3n) is 5.32. The van der Waals surface area contributed by atoms with Crippen LogP contribution in [0.1, 0.15) is 6.92 Å². The summed E-state index contributed by atoms with van der Waals surface area (Å²) in [6.45, 7) is 6.32.